The van der Waals surface area contributed by atoms with E-state index in [-0.39, 0.29) is 0 Å². The maximum absolute atomic E-state index is 6.24. The van der Waals surface area contributed by atoms with Crippen LogP contribution in [0.1, 0.15) is 4.88 Å². The molecular weight excluding hydrogens is 362 g/mol. The molecule has 3 aromatic rings. The average Bonchev–Trinajstić information content (AvgIpc) is 3.10. The number of nitrogens with two attached hydrogens (primary N) is 1. The predicted molar refractivity (Wildman–Crippen MR) is 113 cm³/mol. The first kappa shape index (κ1) is 18.9. The SMILES string of the molecule is COc1cc2cc(C)sc2cc1-c1c(N)cnn1COCC[Si](C)(C)C. The number of fused-ring (bicyclic) bond motifs is 1. The van der Waals surface area contributed by atoms with Gasteiger partial charge in [-0.1, -0.05) is 19.6 Å². The summed E-state index contributed by atoms with van der Waals surface area (Å²) in [4.78, 5) is 1.27. The third-order valence-electron chi connectivity index (χ3n) is 4.29. The summed E-state index contributed by atoms with van der Waals surface area (Å²) in [6.07, 6.45) is 1.68. The number of hydrogen-bond donors (Lipinski definition) is 1. The van der Waals surface area contributed by atoms with Gasteiger partial charge in [-0.2, -0.15) is 5.10 Å². The second-order valence-corrected chi connectivity index (χ2v) is 14.7. The molecule has 0 amide bonds. The highest BCUT2D eigenvalue weighted by atomic mass is 32.1. The highest BCUT2D eigenvalue weighted by Gasteiger charge is 2.18. The largest absolute Gasteiger partial charge is 0.496 e. The molecule has 0 saturated heterocycles. The molecule has 7 heteroatoms. The van der Waals surface area contributed by atoms with Crippen molar-refractivity contribution in [2.75, 3.05) is 19.5 Å². The monoisotopic (exact) mass is 389 g/mol. The Kier molecular flexibility index (Phi) is 5.41. The lowest BCUT2D eigenvalue weighted by Gasteiger charge is -2.16. The van der Waals surface area contributed by atoms with Crippen molar-refractivity contribution in [3.63, 3.8) is 0 Å². The lowest BCUT2D eigenvalue weighted by atomic mass is 10.1. The Morgan fingerprint density at radius 3 is 2.69 bits per heavy atom. The first-order valence-corrected chi connectivity index (χ1v) is 13.3. The fourth-order valence-electron chi connectivity index (χ4n) is 2.87. The summed E-state index contributed by atoms with van der Waals surface area (Å²) in [6.45, 7) is 10.3. The molecule has 140 valence electrons. The van der Waals surface area contributed by atoms with E-state index in [1.165, 1.54) is 15.0 Å². The molecular formula is C19H27N3O2SSi. The van der Waals surface area contributed by atoms with Gasteiger partial charge in [0.2, 0.25) is 0 Å². The Labute approximate surface area is 159 Å². The van der Waals surface area contributed by atoms with Crippen LogP contribution in [0, 0.1) is 6.92 Å². The van der Waals surface area contributed by atoms with Gasteiger partial charge in [-0.15, -0.1) is 11.3 Å². The van der Waals surface area contributed by atoms with Crippen molar-refractivity contribution in [2.24, 2.45) is 0 Å². The standard InChI is InChI=1S/C19H27N3O2SSi/c1-13-8-14-9-17(23-2)15(10-18(14)25-13)19-16(20)11-21-22(19)12-24-6-7-26(3,4)5/h8-11H,6-7,12,20H2,1-5H3. The van der Waals surface area contributed by atoms with Crippen molar-refractivity contribution >= 4 is 35.2 Å². The van der Waals surface area contributed by atoms with Crippen molar-refractivity contribution in [2.45, 2.75) is 39.3 Å². The van der Waals surface area contributed by atoms with E-state index in [0.717, 1.165) is 29.7 Å². The van der Waals surface area contributed by atoms with Gasteiger partial charge in [-0.3, -0.25) is 0 Å². The van der Waals surface area contributed by atoms with Crippen LogP contribution < -0.4 is 10.5 Å². The van der Waals surface area contributed by atoms with Crippen LogP contribution in [-0.2, 0) is 11.5 Å². The van der Waals surface area contributed by atoms with Crippen LogP contribution in [0.4, 0.5) is 5.69 Å². The van der Waals surface area contributed by atoms with Crippen LogP contribution in [0.2, 0.25) is 25.7 Å². The van der Waals surface area contributed by atoms with Crippen molar-refractivity contribution in [1.29, 1.82) is 0 Å². The zero-order valence-corrected chi connectivity index (χ0v) is 17.9. The highest BCUT2D eigenvalue weighted by Crippen LogP contribution is 2.39. The van der Waals surface area contributed by atoms with Gasteiger partial charge in [-0.05, 0) is 36.6 Å². The molecule has 0 aliphatic heterocycles. The van der Waals surface area contributed by atoms with E-state index < -0.39 is 8.07 Å². The Bertz CT molecular complexity index is 912. The zero-order valence-electron chi connectivity index (χ0n) is 16.1. The molecule has 0 unspecified atom stereocenters. The van der Waals surface area contributed by atoms with Gasteiger partial charge in [0.25, 0.3) is 0 Å². The Balaban J connectivity index is 1.91. The summed E-state index contributed by atoms with van der Waals surface area (Å²) in [7, 11) is 0.577. The maximum Gasteiger partial charge on any atom is 0.140 e. The molecule has 2 heterocycles. The number of hydrogen-bond acceptors (Lipinski definition) is 5. The molecule has 0 aliphatic carbocycles. The Hall–Kier alpha value is -1.83. The van der Waals surface area contributed by atoms with Gasteiger partial charge in [0.05, 0.1) is 24.7 Å². The van der Waals surface area contributed by atoms with Crippen LogP contribution in [0.15, 0.2) is 24.4 Å². The lowest BCUT2D eigenvalue weighted by Crippen LogP contribution is -2.22. The van der Waals surface area contributed by atoms with E-state index in [2.05, 4.69) is 49.9 Å². The molecule has 0 fully saturated rings. The minimum atomic E-state index is -1.11. The second kappa shape index (κ2) is 7.42. The fraction of sp³-hybridized carbons (Fsp3) is 0.421. The van der Waals surface area contributed by atoms with Crippen LogP contribution in [0.25, 0.3) is 21.3 Å². The summed E-state index contributed by atoms with van der Waals surface area (Å²) >= 11 is 1.77. The number of rotatable bonds is 7. The molecule has 0 aliphatic rings. The van der Waals surface area contributed by atoms with E-state index in [4.69, 9.17) is 15.2 Å². The summed E-state index contributed by atoms with van der Waals surface area (Å²) in [6, 6.07) is 7.50. The van der Waals surface area contributed by atoms with Gasteiger partial charge < -0.3 is 15.2 Å². The van der Waals surface area contributed by atoms with E-state index in [1.54, 1.807) is 24.6 Å². The van der Waals surface area contributed by atoms with Gasteiger partial charge in [0.1, 0.15) is 12.5 Å². The second-order valence-electron chi connectivity index (χ2n) is 7.74. The van der Waals surface area contributed by atoms with Gasteiger partial charge in [-0.25, -0.2) is 4.68 Å². The van der Waals surface area contributed by atoms with Crippen molar-refractivity contribution in [1.82, 2.24) is 9.78 Å². The molecule has 1 aromatic carbocycles. The molecule has 0 saturated carbocycles. The van der Waals surface area contributed by atoms with Crippen LogP contribution in [0.3, 0.4) is 0 Å². The molecule has 5 nitrogen and oxygen atoms in total. The van der Waals surface area contributed by atoms with Crippen LogP contribution >= 0.6 is 11.3 Å². The smallest absolute Gasteiger partial charge is 0.140 e. The number of nitrogen functional groups attached to an aromatic ring is 1. The van der Waals surface area contributed by atoms with E-state index >= 15 is 0 Å². The Morgan fingerprint density at radius 1 is 1.23 bits per heavy atom. The number of methoxy groups -OCH3 is 1. The molecule has 3 rings (SSSR count). The van der Waals surface area contributed by atoms with Crippen LogP contribution in [0.5, 0.6) is 5.75 Å². The van der Waals surface area contributed by atoms with Crippen molar-refractivity contribution in [3.05, 3.63) is 29.3 Å². The van der Waals surface area contributed by atoms with Gasteiger partial charge >= 0.3 is 0 Å². The number of thiophene rings is 1. The summed E-state index contributed by atoms with van der Waals surface area (Å²) in [5, 5.41) is 5.60. The molecule has 0 atom stereocenters. The number of aromatic nitrogens is 2. The van der Waals surface area contributed by atoms with Crippen LogP contribution in [-0.4, -0.2) is 31.6 Å². The predicted octanol–water partition coefficient (Wildman–Crippen LogP) is 4.98. The maximum atomic E-state index is 6.24. The normalized spacial score (nSPS) is 12.0. The van der Waals surface area contributed by atoms with E-state index in [0.29, 0.717) is 12.4 Å². The fourth-order valence-corrected chi connectivity index (χ4v) is 4.58. The first-order valence-electron chi connectivity index (χ1n) is 8.76. The molecule has 2 N–H and O–H groups in total. The molecule has 0 radical (unpaired) electrons. The molecule has 2 aromatic heterocycles. The van der Waals surface area contributed by atoms with Gasteiger partial charge in [0.15, 0.2) is 0 Å². The first-order chi connectivity index (χ1) is 12.3. The third kappa shape index (κ3) is 4.11. The third-order valence-corrected chi connectivity index (χ3v) is 7.01. The van der Waals surface area contributed by atoms with Crippen molar-refractivity contribution in [3.8, 4) is 17.0 Å². The zero-order chi connectivity index (χ0) is 18.9. The average molecular weight is 390 g/mol. The minimum Gasteiger partial charge on any atom is -0.496 e. The lowest BCUT2D eigenvalue weighted by molar-refractivity contribution is 0.0798. The number of aryl methyl sites for hydroxylation is 1. The number of ether oxygens (including phenoxy) is 2. The minimum absolute atomic E-state index is 0.391. The van der Waals surface area contributed by atoms with Crippen molar-refractivity contribution < 1.29 is 9.47 Å². The van der Waals surface area contributed by atoms with E-state index in [9.17, 15) is 0 Å². The number of benzene rings is 1. The number of nitrogens with zero attached hydrogens (tertiary/aromatic N) is 2. The summed E-state index contributed by atoms with van der Waals surface area (Å²) in [5.41, 5.74) is 8.66. The summed E-state index contributed by atoms with van der Waals surface area (Å²) < 4.78 is 14.6. The van der Waals surface area contributed by atoms with Gasteiger partial charge in [0, 0.05) is 29.8 Å². The molecule has 0 spiro atoms. The topological polar surface area (TPSA) is 62.3 Å². The summed E-state index contributed by atoms with van der Waals surface area (Å²) in [5.74, 6) is 0.797. The quantitative estimate of drug-likeness (QED) is 0.457. The number of anilines is 1. The van der Waals surface area contributed by atoms with E-state index in [1.807, 2.05) is 4.68 Å². The molecule has 26 heavy (non-hydrogen) atoms. The molecule has 0 bridgehead atoms. The highest BCUT2D eigenvalue weighted by molar-refractivity contribution is 7.19. The Morgan fingerprint density at radius 2 is 2.00 bits per heavy atom.